The number of hydrogen-bond acceptors (Lipinski definition) is 1. The number of nitrogens with zero attached hydrogens (tertiary/aromatic N) is 1. The minimum atomic E-state index is 0.533. The number of aromatic nitrogens is 1. The molecule has 0 aliphatic carbocycles. The van der Waals surface area contributed by atoms with Crippen LogP contribution in [0.3, 0.4) is 0 Å². The number of fused-ring (bicyclic) bond motifs is 1. The monoisotopic (exact) mass is 188 g/mol. The Hall–Kier alpha value is -1.28. The first kappa shape index (κ1) is 9.28. The van der Waals surface area contributed by atoms with Crippen LogP contribution < -0.4 is 5.73 Å². The van der Waals surface area contributed by atoms with Crippen molar-refractivity contribution in [1.82, 2.24) is 4.57 Å². The molecule has 14 heavy (non-hydrogen) atoms. The number of rotatable bonds is 3. The highest BCUT2D eigenvalue weighted by molar-refractivity contribution is 5.79. The fourth-order valence-electron chi connectivity index (χ4n) is 1.71. The maximum atomic E-state index is 5.62. The zero-order valence-electron chi connectivity index (χ0n) is 8.48. The van der Waals surface area contributed by atoms with Gasteiger partial charge in [-0.25, -0.2) is 0 Å². The van der Waals surface area contributed by atoms with Crippen LogP contribution in [0.1, 0.15) is 6.92 Å². The van der Waals surface area contributed by atoms with Crippen LogP contribution in [0.4, 0.5) is 0 Å². The molecule has 74 valence electrons. The maximum absolute atomic E-state index is 5.62. The van der Waals surface area contributed by atoms with E-state index in [0.29, 0.717) is 5.92 Å². The molecular formula is C12H16N2. The van der Waals surface area contributed by atoms with Gasteiger partial charge in [-0.2, -0.15) is 0 Å². The van der Waals surface area contributed by atoms with Gasteiger partial charge in [0.2, 0.25) is 0 Å². The average Bonchev–Trinajstić information content (AvgIpc) is 2.62. The van der Waals surface area contributed by atoms with Crippen LogP contribution in [0, 0.1) is 5.92 Å². The largest absolute Gasteiger partial charge is 0.347 e. The summed E-state index contributed by atoms with van der Waals surface area (Å²) in [6.07, 6.45) is 2.14. The lowest BCUT2D eigenvalue weighted by molar-refractivity contribution is 0.502. The van der Waals surface area contributed by atoms with E-state index in [9.17, 15) is 0 Å². The Morgan fingerprint density at radius 3 is 2.86 bits per heavy atom. The minimum Gasteiger partial charge on any atom is -0.347 e. The SMILES string of the molecule is CC(CN)Cn1ccc2ccccc21. The molecule has 0 aliphatic rings. The van der Waals surface area contributed by atoms with E-state index in [1.807, 2.05) is 0 Å². The Labute approximate surface area is 84.3 Å². The van der Waals surface area contributed by atoms with Gasteiger partial charge in [0, 0.05) is 18.3 Å². The molecule has 1 unspecified atom stereocenters. The minimum absolute atomic E-state index is 0.533. The third-order valence-corrected chi connectivity index (χ3v) is 2.59. The van der Waals surface area contributed by atoms with E-state index >= 15 is 0 Å². The number of nitrogens with two attached hydrogens (primary N) is 1. The van der Waals surface area contributed by atoms with E-state index in [2.05, 4.69) is 48.0 Å². The molecule has 1 aromatic heterocycles. The van der Waals surface area contributed by atoms with Crippen LogP contribution in [-0.2, 0) is 6.54 Å². The molecule has 0 amide bonds. The van der Waals surface area contributed by atoms with Crippen LogP contribution in [0.2, 0.25) is 0 Å². The summed E-state index contributed by atoms with van der Waals surface area (Å²) in [5, 5.41) is 1.30. The molecule has 2 aromatic rings. The highest BCUT2D eigenvalue weighted by atomic mass is 15.0. The van der Waals surface area contributed by atoms with Gasteiger partial charge >= 0.3 is 0 Å². The molecule has 1 atom stereocenters. The molecule has 2 nitrogen and oxygen atoms in total. The Morgan fingerprint density at radius 2 is 2.07 bits per heavy atom. The maximum Gasteiger partial charge on any atom is 0.0480 e. The topological polar surface area (TPSA) is 30.9 Å². The normalized spacial score (nSPS) is 13.3. The second kappa shape index (κ2) is 3.84. The van der Waals surface area contributed by atoms with Gasteiger partial charge in [0.05, 0.1) is 0 Å². The molecular weight excluding hydrogens is 172 g/mol. The van der Waals surface area contributed by atoms with E-state index in [0.717, 1.165) is 13.1 Å². The van der Waals surface area contributed by atoms with Crippen LogP contribution >= 0.6 is 0 Å². The number of para-hydroxylation sites is 1. The average molecular weight is 188 g/mol. The fraction of sp³-hybridized carbons (Fsp3) is 0.333. The van der Waals surface area contributed by atoms with Crippen molar-refractivity contribution in [3.05, 3.63) is 36.5 Å². The summed E-state index contributed by atoms with van der Waals surface area (Å²) in [4.78, 5) is 0. The Morgan fingerprint density at radius 1 is 1.29 bits per heavy atom. The van der Waals surface area contributed by atoms with Crippen LogP contribution in [0.5, 0.6) is 0 Å². The first-order valence-electron chi connectivity index (χ1n) is 5.05. The molecule has 0 aliphatic heterocycles. The zero-order valence-corrected chi connectivity index (χ0v) is 8.48. The van der Waals surface area contributed by atoms with Crippen molar-refractivity contribution in [3.8, 4) is 0 Å². The Balaban J connectivity index is 2.33. The van der Waals surface area contributed by atoms with Gasteiger partial charge in [-0.05, 0) is 30.0 Å². The van der Waals surface area contributed by atoms with Crippen molar-refractivity contribution in [2.45, 2.75) is 13.5 Å². The molecule has 2 heteroatoms. The van der Waals surface area contributed by atoms with Crippen LogP contribution in [-0.4, -0.2) is 11.1 Å². The number of hydrogen-bond donors (Lipinski definition) is 1. The summed E-state index contributed by atoms with van der Waals surface area (Å²) in [5.74, 6) is 0.533. The van der Waals surface area contributed by atoms with Crippen molar-refractivity contribution in [2.75, 3.05) is 6.54 Å². The van der Waals surface area contributed by atoms with Gasteiger partial charge in [0.25, 0.3) is 0 Å². The Kier molecular flexibility index (Phi) is 2.55. The van der Waals surface area contributed by atoms with Crippen molar-refractivity contribution < 1.29 is 0 Å². The van der Waals surface area contributed by atoms with Crippen molar-refractivity contribution >= 4 is 10.9 Å². The van der Waals surface area contributed by atoms with E-state index in [1.165, 1.54) is 10.9 Å². The number of benzene rings is 1. The lowest BCUT2D eigenvalue weighted by Gasteiger charge is -2.10. The van der Waals surface area contributed by atoms with Gasteiger partial charge in [-0.15, -0.1) is 0 Å². The summed E-state index contributed by atoms with van der Waals surface area (Å²) in [6, 6.07) is 10.6. The highest BCUT2D eigenvalue weighted by Crippen LogP contribution is 2.16. The molecule has 0 radical (unpaired) electrons. The van der Waals surface area contributed by atoms with Crippen molar-refractivity contribution in [1.29, 1.82) is 0 Å². The van der Waals surface area contributed by atoms with Crippen molar-refractivity contribution in [3.63, 3.8) is 0 Å². The van der Waals surface area contributed by atoms with E-state index < -0.39 is 0 Å². The second-order valence-electron chi connectivity index (χ2n) is 3.87. The molecule has 0 fully saturated rings. The third kappa shape index (κ3) is 1.66. The molecule has 1 aromatic carbocycles. The van der Waals surface area contributed by atoms with Crippen LogP contribution in [0.25, 0.3) is 10.9 Å². The Bertz CT molecular complexity index is 417. The highest BCUT2D eigenvalue weighted by Gasteiger charge is 2.03. The predicted octanol–water partition coefficient (Wildman–Crippen LogP) is 2.24. The third-order valence-electron chi connectivity index (χ3n) is 2.59. The zero-order chi connectivity index (χ0) is 9.97. The van der Waals surface area contributed by atoms with Gasteiger partial charge in [-0.3, -0.25) is 0 Å². The molecule has 2 rings (SSSR count). The standard InChI is InChI=1S/C12H16N2/c1-10(8-13)9-14-7-6-11-4-2-3-5-12(11)14/h2-7,10H,8-9,13H2,1H3. The molecule has 0 saturated heterocycles. The van der Waals surface area contributed by atoms with E-state index in [4.69, 9.17) is 5.73 Å². The van der Waals surface area contributed by atoms with E-state index in [1.54, 1.807) is 0 Å². The van der Waals surface area contributed by atoms with Crippen LogP contribution in [0.15, 0.2) is 36.5 Å². The summed E-state index contributed by atoms with van der Waals surface area (Å²) in [6.45, 7) is 3.92. The van der Waals surface area contributed by atoms with Crippen molar-refractivity contribution in [2.24, 2.45) is 11.7 Å². The molecule has 1 heterocycles. The first-order chi connectivity index (χ1) is 6.81. The predicted molar refractivity (Wildman–Crippen MR) is 60.2 cm³/mol. The molecule has 2 N–H and O–H groups in total. The molecule has 0 bridgehead atoms. The lowest BCUT2D eigenvalue weighted by Crippen LogP contribution is -2.16. The summed E-state index contributed by atoms with van der Waals surface area (Å²) in [7, 11) is 0. The van der Waals surface area contributed by atoms with Gasteiger partial charge < -0.3 is 10.3 Å². The van der Waals surface area contributed by atoms with Gasteiger partial charge in [0.15, 0.2) is 0 Å². The smallest absolute Gasteiger partial charge is 0.0480 e. The fourth-order valence-corrected chi connectivity index (χ4v) is 1.71. The summed E-state index contributed by atoms with van der Waals surface area (Å²) >= 11 is 0. The summed E-state index contributed by atoms with van der Waals surface area (Å²) < 4.78 is 2.27. The first-order valence-corrected chi connectivity index (χ1v) is 5.05. The summed E-state index contributed by atoms with van der Waals surface area (Å²) in [5.41, 5.74) is 6.92. The van der Waals surface area contributed by atoms with E-state index in [-0.39, 0.29) is 0 Å². The molecule has 0 spiro atoms. The van der Waals surface area contributed by atoms with Gasteiger partial charge in [-0.1, -0.05) is 25.1 Å². The quantitative estimate of drug-likeness (QED) is 0.786. The van der Waals surface area contributed by atoms with Gasteiger partial charge in [0.1, 0.15) is 0 Å². The second-order valence-corrected chi connectivity index (χ2v) is 3.87. The lowest BCUT2D eigenvalue weighted by atomic mass is 10.2. The molecule has 0 saturated carbocycles.